The van der Waals surface area contributed by atoms with E-state index < -0.39 is 0 Å². The third-order valence-corrected chi connectivity index (χ3v) is 5.33. The van der Waals surface area contributed by atoms with Gasteiger partial charge in [-0.05, 0) is 12.1 Å². The van der Waals surface area contributed by atoms with Crippen LogP contribution >= 0.6 is 23.2 Å². The zero-order chi connectivity index (χ0) is 21.3. The van der Waals surface area contributed by atoms with Gasteiger partial charge in [0.2, 0.25) is 0 Å². The van der Waals surface area contributed by atoms with Gasteiger partial charge < -0.3 is 20.5 Å². The summed E-state index contributed by atoms with van der Waals surface area (Å²) in [7, 11) is 3.05. The second-order valence-electron chi connectivity index (χ2n) is 6.43. The summed E-state index contributed by atoms with van der Waals surface area (Å²) in [6.07, 6.45) is 5.21. The third kappa shape index (κ3) is 3.67. The summed E-state index contributed by atoms with van der Waals surface area (Å²) in [6, 6.07) is 5.24. The van der Waals surface area contributed by atoms with Crippen LogP contribution in [0.4, 0.5) is 11.6 Å². The van der Waals surface area contributed by atoms with Crippen molar-refractivity contribution < 1.29 is 9.47 Å². The summed E-state index contributed by atoms with van der Waals surface area (Å²) in [4.78, 5) is 8.98. The van der Waals surface area contributed by atoms with Crippen molar-refractivity contribution in [2.24, 2.45) is 0 Å². The van der Waals surface area contributed by atoms with E-state index in [0.29, 0.717) is 51.0 Å². The number of anilines is 2. The second-order valence-corrected chi connectivity index (χ2v) is 7.19. The molecule has 1 aromatic carbocycles. The standard InChI is InChI=1S/C20H18Cl2N6O2/c1-29-14-5-15(30-2)19(22)17(18(14)21)13-3-11-9-24-16(23)4-12(11)20(28-13)25-6-10-7-26-27-8-10/h3-5,7-9H,6H2,1-2H3,(H2,23,24)(H,25,28)(H,26,27). The first-order valence-electron chi connectivity index (χ1n) is 8.90. The Morgan fingerprint density at radius 3 is 2.43 bits per heavy atom. The molecule has 3 heterocycles. The van der Waals surface area contributed by atoms with E-state index in [0.717, 1.165) is 16.3 Å². The summed E-state index contributed by atoms with van der Waals surface area (Å²) >= 11 is 13.2. The van der Waals surface area contributed by atoms with Crippen LogP contribution in [0.3, 0.4) is 0 Å². The van der Waals surface area contributed by atoms with E-state index in [4.69, 9.17) is 43.4 Å². The fraction of sp³-hybridized carbons (Fsp3) is 0.150. The minimum Gasteiger partial charge on any atom is -0.495 e. The number of ether oxygens (including phenoxy) is 2. The Morgan fingerprint density at radius 1 is 1.07 bits per heavy atom. The number of pyridine rings is 2. The molecule has 0 aliphatic rings. The summed E-state index contributed by atoms with van der Waals surface area (Å²) in [6.45, 7) is 0.507. The number of rotatable bonds is 6. The van der Waals surface area contributed by atoms with Gasteiger partial charge in [-0.3, -0.25) is 5.10 Å². The summed E-state index contributed by atoms with van der Waals surface area (Å²) in [5.41, 5.74) is 7.91. The van der Waals surface area contributed by atoms with Crippen LogP contribution in [-0.2, 0) is 6.54 Å². The summed E-state index contributed by atoms with van der Waals surface area (Å²) in [5, 5.41) is 12.4. The van der Waals surface area contributed by atoms with Crippen molar-refractivity contribution in [1.29, 1.82) is 0 Å². The topological polar surface area (TPSA) is 111 Å². The van der Waals surface area contributed by atoms with Crippen molar-refractivity contribution in [2.45, 2.75) is 6.54 Å². The average molecular weight is 445 g/mol. The van der Waals surface area contributed by atoms with Gasteiger partial charge in [-0.25, -0.2) is 9.97 Å². The quantitative estimate of drug-likeness (QED) is 0.400. The van der Waals surface area contributed by atoms with Gasteiger partial charge in [0.15, 0.2) is 0 Å². The van der Waals surface area contributed by atoms with E-state index in [1.807, 2.05) is 6.07 Å². The lowest BCUT2D eigenvalue weighted by atomic mass is 10.1. The predicted octanol–water partition coefficient (Wildman–Crippen LogP) is 4.54. The maximum atomic E-state index is 6.59. The lowest BCUT2D eigenvalue weighted by Crippen LogP contribution is -2.04. The smallest absolute Gasteiger partial charge is 0.141 e. The fourth-order valence-electron chi connectivity index (χ4n) is 3.10. The molecule has 4 N–H and O–H groups in total. The van der Waals surface area contributed by atoms with Crippen molar-refractivity contribution >= 4 is 45.6 Å². The average Bonchev–Trinajstić information content (AvgIpc) is 3.26. The number of halogens is 2. The van der Waals surface area contributed by atoms with Crippen LogP contribution in [0.5, 0.6) is 11.5 Å². The van der Waals surface area contributed by atoms with Gasteiger partial charge >= 0.3 is 0 Å². The van der Waals surface area contributed by atoms with Gasteiger partial charge in [0.05, 0.1) is 36.2 Å². The van der Waals surface area contributed by atoms with E-state index in [1.165, 1.54) is 14.2 Å². The molecule has 4 aromatic rings. The Labute approximate surface area is 182 Å². The molecule has 154 valence electrons. The van der Waals surface area contributed by atoms with Crippen molar-refractivity contribution in [1.82, 2.24) is 20.2 Å². The molecule has 0 saturated heterocycles. The molecule has 0 amide bonds. The Kier molecular flexibility index (Phi) is 5.52. The van der Waals surface area contributed by atoms with Gasteiger partial charge in [0.1, 0.15) is 23.1 Å². The molecule has 3 aromatic heterocycles. The molecular formula is C20H18Cl2N6O2. The molecule has 30 heavy (non-hydrogen) atoms. The van der Waals surface area contributed by atoms with Crippen LogP contribution in [0.25, 0.3) is 22.0 Å². The largest absolute Gasteiger partial charge is 0.495 e. The van der Waals surface area contributed by atoms with E-state index in [1.54, 1.807) is 30.7 Å². The van der Waals surface area contributed by atoms with Crippen molar-refractivity contribution in [3.05, 3.63) is 52.4 Å². The Hall–Kier alpha value is -3.23. The zero-order valence-corrected chi connectivity index (χ0v) is 17.7. The number of nitrogens with two attached hydrogens (primary N) is 1. The minimum atomic E-state index is 0.333. The van der Waals surface area contributed by atoms with Gasteiger partial charge in [0.25, 0.3) is 0 Å². The highest BCUT2D eigenvalue weighted by Crippen LogP contribution is 2.46. The Balaban J connectivity index is 1.91. The number of nitrogens with one attached hydrogen (secondary N) is 2. The first-order chi connectivity index (χ1) is 14.5. The fourth-order valence-corrected chi connectivity index (χ4v) is 3.79. The van der Waals surface area contributed by atoms with Crippen molar-refractivity contribution in [2.75, 3.05) is 25.3 Å². The number of methoxy groups -OCH3 is 2. The normalized spacial score (nSPS) is 10.9. The van der Waals surface area contributed by atoms with Crippen molar-refractivity contribution in [3.8, 4) is 22.8 Å². The number of fused-ring (bicyclic) bond motifs is 1. The highest BCUT2D eigenvalue weighted by Gasteiger charge is 2.21. The van der Waals surface area contributed by atoms with Gasteiger partial charge in [-0.1, -0.05) is 23.2 Å². The molecule has 0 spiro atoms. The number of aromatic amines is 1. The Bertz CT molecular complexity index is 1190. The van der Waals surface area contributed by atoms with E-state index in [9.17, 15) is 0 Å². The van der Waals surface area contributed by atoms with E-state index >= 15 is 0 Å². The number of hydrogen-bond acceptors (Lipinski definition) is 7. The highest BCUT2D eigenvalue weighted by molar-refractivity contribution is 6.41. The lowest BCUT2D eigenvalue weighted by Gasteiger charge is -2.16. The monoisotopic (exact) mass is 444 g/mol. The van der Waals surface area contributed by atoms with Crippen molar-refractivity contribution in [3.63, 3.8) is 0 Å². The zero-order valence-electron chi connectivity index (χ0n) is 16.2. The molecule has 4 rings (SSSR count). The lowest BCUT2D eigenvalue weighted by molar-refractivity contribution is 0.395. The molecule has 8 nitrogen and oxygen atoms in total. The van der Waals surface area contributed by atoms with Gasteiger partial charge in [0, 0.05) is 46.9 Å². The number of nitrogen functional groups attached to an aromatic ring is 1. The highest BCUT2D eigenvalue weighted by atomic mass is 35.5. The van der Waals surface area contributed by atoms with Crippen LogP contribution in [-0.4, -0.2) is 34.4 Å². The van der Waals surface area contributed by atoms with Gasteiger partial charge in [-0.15, -0.1) is 0 Å². The first kappa shape index (κ1) is 20.1. The minimum absolute atomic E-state index is 0.333. The number of H-pyrrole nitrogens is 1. The molecule has 0 unspecified atom stereocenters. The molecule has 0 radical (unpaired) electrons. The van der Waals surface area contributed by atoms with Crippen LogP contribution < -0.4 is 20.5 Å². The van der Waals surface area contributed by atoms with Crippen LogP contribution in [0.15, 0.2) is 36.8 Å². The molecule has 0 fully saturated rings. The maximum Gasteiger partial charge on any atom is 0.141 e. The number of nitrogens with zero attached hydrogens (tertiary/aromatic N) is 3. The molecule has 0 bridgehead atoms. The van der Waals surface area contributed by atoms with Crippen LogP contribution in [0.1, 0.15) is 5.56 Å². The third-order valence-electron chi connectivity index (χ3n) is 4.58. The number of benzene rings is 1. The molecule has 0 aliphatic carbocycles. The molecule has 0 saturated carbocycles. The summed E-state index contributed by atoms with van der Waals surface area (Å²) < 4.78 is 10.8. The van der Waals surface area contributed by atoms with Crippen LogP contribution in [0, 0.1) is 0 Å². The second kappa shape index (κ2) is 8.25. The molecule has 0 atom stereocenters. The molecule has 0 aliphatic heterocycles. The number of hydrogen-bond donors (Lipinski definition) is 3. The molecular weight excluding hydrogens is 427 g/mol. The SMILES string of the molecule is COc1cc(OC)c(Cl)c(-c2cc3cnc(N)cc3c(NCc3cn[nH]c3)n2)c1Cl. The van der Waals surface area contributed by atoms with Crippen LogP contribution in [0.2, 0.25) is 10.0 Å². The summed E-state index contributed by atoms with van der Waals surface area (Å²) in [5.74, 6) is 1.85. The molecule has 10 heteroatoms. The number of aromatic nitrogens is 4. The Morgan fingerprint density at radius 2 is 1.80 bits per heavy atom. The predicted molar refractivity (Wildman–Crippen MR) is 118 cm³/mol. The maximum absolute atomic E-state index is 6.59. The van der Waals surface area contributed by atoms with E-state index in [2.05, 4.69) is 20.5 Å². The van der Waals surface area contributed by atoms with E-state index in [-0.39, 0.29) is 0 Å². The first-order valence-corrected chi connectivity index (χ1v) is 9.65. The van der Waals surface area contributed by atoms with Gasteiger partial charge in [-0.2, -0.15) is 5.10 Å².